The minimum Gasteiger partial charge on any atom is -0.363 e. The van der Waals surface area contributed by atoms with Gasteiger partial charge in [-0.15, -0.1) is 0 Å². The topological polar surface area (TPSA) is 97.1 Å². The smallest absolute Gasteiger partial charge is 0.257 e. The number of aromatic nitrogens is 4. The molecule has 8 nitrogen and oxygen atoms in total. The molecule has 0 bridgehead atoms. The Balaban J connectivity index is 1.74. The van der Waals surface area contributed by atoms with Crippen LogP contribution in [-0.4, -0.2) is 44.2 Å². The number of hydrogen-bond acceptors (Lipinski definition) is 7. The number of morpholine rings is 1. The maximum absolute atomic E-state index is 11.7. The van der Waals surface area contributed by atoms with Gasteiger partial charge in [-0.25, -0.2) is 4.98 Å². The molecule has 2 aromatic heterocycles. The summed E-state index contributed by atoms with van der Waals surface area (Å²) in [5, 5.41) is 3.82. The molecule has 1 aliphatic rings. The van der Waals surface area contributed by atoms with E-state index < -0.39 is 0 Å². The molecule has 2 atom stereocenters. The number of aryl methyl sites for hydroxylation is 2. The molecule has 0 unspecified atom stereocenters. The van der Waals surface area contributed by atoms with Gasteiger partial charge in [-0.1, -0.05) is 12.1 Å². The molecular weight excluding hydrogens is 298 g/mol. The third-order valence-electron chi connectivity index (χ3n) is 3.73. The first-order valence-electron chi connectivity index (χ1n) is 7.80. The van der Waals surface area contributed by atoms with E-state index in [1.165, 1.54) is 6.07 Å². The molecule has 0 aliphatic carbocycles. The first kappa shape index (κ1) is 15.8. The molecule has 1 fully saturated rings. The number of aromatic amines is 1. The molecule has 3 heterocycles. The zero-order chi connectivity index (χ0) is 16.4. The van der Waals surface area contributed by atoms with E-state index in [1.807, 2.05) is 13.8 Å². The van der Waals surface area contributed by atoms with Crippen LogP contribution in [0.5, 0.6) is 0 Å². The van der Waals surface area contributed by atoms with E-state index in [2.05, 4.69) is 25.0 Å². The Morgan fingerprint density at radius 1 is 1.39 bits per heavy atom. The Labute approximate surface area is 133 Å². The van der Waals surface area contributed by atoms with Crippen molar-refractivity contribution < 1.29 is 9.26 Å². The van der Waals surface area contributed by atoms with E-state index in [0.29, 0.717) is 30.6 Å². The van der Waals surface area contributed by atoms with Crippen LogP contribution in [0.1, 0.15) is 43.2 Å². The standard InChI is InChI=1S/C15H21N5O3/c1-4-11-5-14(21)18-13(17-11)8-20-6-9(2)22-12(7-20)15-16-10(3)19-23-15/h5,9,12H,4,6-8H2,1-3H3,(H,17,18,21)/t9-,12-/m1/s1. The largest absolute Gasteiger partial charge is 0.363 e. The summed E-state index contributed by atoms with van der Waals surface area (Å²) in [6.07, 6.45) is 0.503. The van der Waals surface area contributed by atoms with Crippen LogP contribution in [0.2, 0.25) is 0 Å². The van der Waals surface area contributed by atoms with E-state index in [9.17, 15) is 4.79 Å². The first-order valence-corrected chi connectivity index (χ1v) is 7.80. The molecule has 124 valence electrons. The summed E-state index contributed by atoms with van der Waals surface area (Å²) in [5.41, 5.74) is 0.686. The summed E-state index contributed by atoms with van der Waals surface area (Å²) in [4.78, 5) is 25.4. The normalized spacial score (nSPS) is 22.4. The Morgan fingerprint density at radius 3 is 2.91 bits per heavy atom. The molecule has 1 saturated heterocycles. The van der Waals surface area contributed by atoms with Crippen LogP contribution in [0.15, 0.2) is 15.4 Å². The first-order chi connectivity index (χ1) is 11.0. The highest BCUT2D eigenvalue weighted by atomic mass is 16.5. The van der Waals surface area contributed by atoms with Gasteiger partial charge in [-0.05, 0) is 20.3 Å². The average Bonchev–Trinajstić information content (AvgIpc) is 2.92. The minimum absolute atomic E-state index is 0.0297. The number of nitrogens with one attached hydrogen (secondary N) is 1. The van der Waals surface area contributed by atoms with Crippen molar-refractivity contribution in [3.8, 4) is 0 Å². The molecule has 3 rings (SSSR count). The number of rotatable bonds is 4. The second-order valence-corrected chi connectivity index (χ2v) is 5.85. The highest BCUT2D eigenvalue weighted by Gasteiger charge is 2.30. The van der Waals surface area contributed by atoms with Gasteiger partial charge >= 0.3 is 0 Å². The quantitative estimate of drug-likeness (QED) is 0.897. The monoisotopic (exact) mass is 319 g/mol. The predicted molar refractivity (Wildman–Crippen MR) is 81.8 cm³/mol. The van der Waals surface area contributed by atoms with Crippen molar-refractivity contribution in [2.75, 3.05) is 13.1 Å². The van der Waals surface area contributed by atoms with Crippen molar-refractivity contribution in [2.45, 2.75) is 45.9 Å². The number of ether oxygens (including phenoxy) is 1. The Bertz CT molecular complexity index is 726. The molecule has 2 aromatic rings. The van der Waals surface area contributed by atoms with E-state index in [1.54, 1.807) is 6.92 Å². The van der Waals surface area contributed by atoms with Gasteiger partial charge < -0.3 is 14.2 Å². The highest BCUT2D eigenvalue weighted by Crippen LogP contribution is 2.24. The summed E-state index contributed by atoms with van der Waals surface area (Å²) in [6.45, 7) is 7.69. The predicted octanol–water partition coefficient (Wildman–Crippen LogP) is 0.986. The molecule has 8 heteroatoms. The Hall–Kier alpha value is -2.06. The van der Waals surface area contributed by atoms with E-state index in [4.69, 9.17) is 9.26 Å². The van der Waals surface area contributed by atoms with Crippen LogP contribution >= 0.6 is 0 Å². The Kier molecular flexibility index (Phi) is 4.53. The fraction of sp³-hybridized carbons (Fsp3) is 0.600. The van der Waals surface area contributed by atoms with Crippen molar-refractivity contribution in [2.24, 2.45) is 0 Å². The second kappa shape index (κ2) is 6.59. The number of nitrogens with zero attached hydrogens (tertiary/aromatic N) is 4. The fourth-order valence-corrected chi connectivity index (χ4v) is 2.78. The molecule has 1 aliphatic heterocycles. The zero-order valence-corrected chi connectivity index (χ0v) is 13.6. The van der Waals surface area contributed by atoms with Crippen LogP contribution in [0, 0.1) is 6.92 Å². The molecule has 23 heavy (non-hydrogen) atoms. The van der Waals surface area contributed by atoms with Crippen LogP contribution in [-0.2, 0) is 17.7 Å². The molecule has 0 saturated carbocycles. The van der Waals surface area contributed by atoms with Gasteiger partial charge in [-0.2, -0.15) is 4.98 Å². The van der Waals surface area contributed by atoms with Gasteiger partial charge in [0.1, 0.15) is 11.9 Å². The van der Waals surface area contributed by atoms with Gasteiger partial charge in [0, 0.05) is 24.8 Å². The molecule has 0 radical (unpaired) electrons. The maximum atomic E-state index is 11.7. The minimum atomic E-state index is -0.263. The van der Waals surface area contributed by atoms with Crippen molar-refractivity contribution in [1.82, 2.24) is 25.0 Å². The van der Waals surface area contributed by atoms with E-state index >= 15 is 0 Å². The van der Waals surface area contributed by atoms with Crippen molar-refractivity contribution >= 4 is 0 Å². The van der Waals surface area contributed by atoms with Gasteiger partial charge in [0.2, 0.25) is 0 Å². The van der Waals surface area contributed by atoms with Crippen LogP contribution in [0.4, 0.5) is 0 Å². The lowest BCUT2D eigenvalue weighted by Gasteiger charge is -2.34. The van der Waals surface area contributed by atoms with Gasteiger partial charge in [-0.3, -0.25) is 9.69 Å². The van der Waals surface area contributed by atoms with Gasteiger partial charge in [0.05, 0.1) is 12.6 Å². The number of H-pyrrole nitrogens is 1. The highest BCUT2D eigenvalue weighted by molar-refractivity contribution is 5.03. The maximum Gasteiger partial charge on any atom is 0.257 e. The summed E-state index contributed by atoms with van der Waals surface area (Å²) >= 11 is 0. The molecular formula is C15H21N5O3. The van der Waals surface area contributed by atoms with Crippen LogP contribution in [0.3, 0.4) is 0 Å². The zero-order valence-electron chi connectivity index (χ0n) is 13.6. The molecule has 0 aromatic carbocycles. The molecule has 0 spiro atoms. The molecule has 1 N–H and O–H groups in total. The summed E-state index contributed by atoms with van der Waals surface area (Å²) in [5.74, 6) is 1.75. The molecule has 0 amide bonds. The average molecular weight is 319 g/mol. The lowest BCUT2D eigenvalue weighted by atomic mass is 10.2. The summed E-state index contributed by atoms with van der Waals surface area (Å²) < 4.78 is 11.1. The Morgan fingerprint density at radius 2 is 2.22 bits per heavy atom. The lowest BCUT2D eigenvalue weighted by molar-refractivity contribution is -0.0935. The summed E-state index contributed by atoms with van der Waals surface area (Å²) in [7, 11) is 0. The van der Waals surface area contributed by atoms with E-state index in [-0.39, 0.29) is 17.8 Å². The third kappa shape index (κ3) is 3.83. The van der Waals surface area contributed by atoms with E-state index in [0.717, 1.165) is 18.7 Å². The van der Waals surface area contributed by atoms with Gasteiger partial charge in [0.25, 0.3) is 11.4 Å². The third-order valence-corrected chi connectivity index (χ3v) is 3.73. The van der Waals surface area contributed by atoms with Crippen LogP contribution < -0.4 is 5.56 Å². The number of hydrogen-bond donors (Lipinski definition) is 1. The van der Waals surface area contributed by atoms with Gasteiger partial charge in [0.15, 0.2) is 5.82 Å². The lowest BCUT2D eigenvalue weighted by Crippen LogP contribution is -2.43. The van der Waals surface area contributed by atoms with Crippen molar-refractivity contribution in [3.63, 3.8) is 0 Å². The second-order valence-electron chi connectivity index (χ2n) is 5.85. The summed E-state index contributed by atoms with van der Waals surface area (Å²) in [6, 6.07) is 1.54. The van der Waals surface area contributed by atoms with Crippen LogP contribution in [0.25, 0.3) is 0 Å². The fourth-order valence-electron chi connectivity index (χ4n) is 2.78. The van der Waals surface area contributed by atoms with Crippen molar-refractivity contribution in [3.05, 3.63) is 39.7 Å². The SMILES string of the molecule is CCc1cc(=O)[nH]c(CN2C[C@@H](C)O[C@@H](c3nc(C)no3)C2)n1. The van der Waals surface area contributed by atoms with Crippen molar-refractivity contribution in [1.29, 1.82) is 0 Å².